The Labute approximate surface area is 79.8 Å². The van der Waals surface area contributed by atoms with Crippen LogP contribution >= 0.6 is 0 Å². The lowest BCUT2D eigenvalue weighted by molar-refractivity contribution is -0.116. The van der Waals surface area contributed by atoms with Gasteiger partial charge in [0.1, 0.15) is 0 Å². The molecule has 0 radical (unpaired) electrons. The maximum Gasteiger partial charge on any atom is 0.245 e. The molecule has 1 saturated heterocycles. The second-order valence-corrected chi connectivity index (χ2v) is 3.45. The van der Waals surface area contributed by atoms with Crippen molar-refractivity contribution in [1.82, 2.24) is 10.2 Å². The van der Waals surface area contributed by atoms with Gasteiger partial charge in [-0.25, -0.2) is 0 Å². The molecule has 0 saturated carbocycles. The highest BCUT2D eigenvalue weighted by Gasteiger charge is 2.10. The van der Waals surface area contributed by atoms with Crippen molar-refractivity contribution >= 4 is 5.91 Å². The normalized spacial score (nSPS) is 18.6. The summed E-state index contributed by atoms with van der Waals surface area (Å²) in [6, 6.07) is 0. The Morgan fingerprint density at radius 3 is 2.46 bits per heavy atom. The van der Waals surface area contributed by atoms with Gasteiger partial charge >= 0.3 is 0 Å². The number of nitrogens with zero attached hydrogens (tertiary/aromatic N) is 1. The number of rotatable bonds is 2. The summed E-state index contributed by atoms with van der Waals surface area (Å²) < 4.78 is 0. The number of carbonyl (C=O) groups excluding carboxylic acids is 1. The third kappa shape index (κ3) is 3.09. The molecular formula is C10H18N2O. The first-order chi connectivity index (χ1) is 6.24. The van der Waals surface area contributed by atoms with Crippen molar-refractivity contribution in [3.05, 3.63) is 11.8 Å². The summed E-state index contributed by atoms with van der Waals surface area (Å²) in [5.41, 5.74) is 1.08. The molecule has 0 unspecified atom stereocenters. The fourth-order valence-corrected chi connectivity index (χ4v) is 1.60. The molecule has 1 fully saturated rings. The van der Waals surface area contributed by atoms with Crippen LogP contribution in [-0.4, -0.2) is 30.9 Å². The molecule has 0 aromatic carbocycles. The van der Waals surface area contributed by atoms with Crippen LogP contribution in [0, 0.1) is 0 Å². The maximum atomic E-state index is 11.1. The number of likely N-dealkylation sites (tertiary alicyclic amines) is 1. The Morgan fingerprint density at radius 1 is 1.31 bits per heavy atom. The molecule has 0 atom stereocenters. The molecule has 1 amide bonds. The number of likely N-dealkylation sites (N-methyl/N-ethyl adjacent to an activating group) is 1. The number of carbonyl (C=O) groups is 1. The van der Waals surface area contributed by atoms with Crippen molar-refractivity contribution in [1.29, 1.82) is 0 Å². The van der Waals surface area contributed by atoms with E-state index >= 15 is 0 Å². The van der Waals surface area contributed by atoms with Gasteiger partial charge in [0.05, 0.1) is 0 Å². The molecule has 13 heavy (non-hydrogen) atoms. The molecule has 3 heteroatoms. The largest absolute Gasteiger partial charge is 0.375 e. The second kappa shape index (κ2) is 4.90. The summed E-state index contributed by atoms with van der Waals surface area (Å²) in [7, 11) is 1.66. The monoisotopic (exact) mass is 182 g/mol. The molecule has 0 bridgehead atoms. The SMILES string of the molecule is CNC(=O)/C=C(/C)N1CCCCC1. The predicted octanol–water partition coefficient (Wildman–Crippen LogP) is 1.12. The van der Waals surface area contributed by atoms with Gasteiger partial charge in [0.25, 0.3) is 0 Å². The van der Waals surface area contributed by atoms with Gasteiger partial charge < -0.3 is 10.2 Å². The van der Waals surface area contributed by atoms with E-state index in [1.54, 1.807) is 13.1 Å². The number of allylic oxidation sites excluding steroid dienone is 1. The van der Waals surface area contributed by atoms with Gasteiger partial charge in [0.15, 0.2) is 0 Å². The van der Waals surface area contributed by atoms with Crippen LogP contribution in [0.25, 0.3) is 0 Å². The van der Waals surface area contributed by atoms with Gasteiger partial charge in [-0.15, -0.1) is 0 Å². The molecule has 1 heterocycles. The maximum absolute atomic E-state index is 11.1. The fourth-order valence-electron chi connectivity index (χ4n) is 1.60. The number of piperidine rings is 1. The minimum Gasteiger partial charge on any atom is -0.375 e. The molecule has 74 valence electrons. The standard InChI is InChI=1S/C10H18N2O/c1-9(8-10(13)11-2)12-6-4-3-5-7-12/h8H,3-7H2,1-2H3,(H,11,13)/b9-8-. The summed E-state index contributed by atoms with van der Waals surface area (Å²) in [6.45, 7) is 4.19. The van der Waals surface area contributed by atoms with Crippen molar-refractivity contribution in [2.24, 2.45) is 0 Å². The van der Waals surface area contributed by atoms with Gasteiger partial charge in [-0.2, -0.15) is 0 Å². The third-order valence-corrected chi connectivity index (χ3v) is 2.44. The fraction of sp³-hybridized carbons (Fsp3) is 0.700. The van der Waals surface area contributed by atoms with Crippen molar-refractivity contribution < 1.29 is 4.79 Å². The molecule has 1 rings (SSSR count). The van der Waals surface area contributed by atoms with E-state index in [2.05, 4.69) is 10.2 Å². The molecule has 1 N–H and O–H groups in total. The first-order valence-electron chi connectivity index (χ1n) is 4.89. The Hall–Kier alpha value is -0.990. The highest BCUT2D eigenvalue weighted by molar-refractivity contribution is 5.87. The molecule has 0 aliphatic carbocycles. The smallest absolute Gasteiger partial charge is 0.245 e. The Balaban J connectivity index is 2.49. The zero-order valence-corrected chi connectivity index (χ0v) is 8.47. The van der Waals surface area contributed by atoms with Crippen LogP contribution in [0.4, 0.5) is 0 Å². The minimum absolute atomic E-state index is 0.0110. The van der Waals surface area contributed by atoms with Gasteiger partial charge in [-0.05, 0) is 26.2 Å². The first kappa shape index (κ1) is 10.1. The highest BCUT2D eigenvalue weighted by Crippen LogP contribution is 2.13. The average molecular weight is 182 g/mol. The van der Waals surface area contributed by atoms with E-state index in [1.807, 2.05) is 6.92 Å². The second-order valence-electron chi connectivity index (χ2n) is 3.45. The quantitative estimate of drug-likeness (QED) is 0.649. The van der Waals surface area contributed by atoms with E-state index in [-0.39, 0.29) is 5.91 Å². The number of amides is 1. The van der Waals surface area contributed by atoms with Crippen LogP contribution in [0.2, 0.25) is 0 Å². The van der Waals surface area contributed by atoms with E-state index < -0.39 is 0 Å². The van der Waals surface area contributed by atoms with E-state index in [0.717, 1.165) is 18.8 Å². The minimum atomic E-state index is -0.0110. The Morgan fingerprint density at radius 2 is 1.92 bits per heavy atom. The Bertz CT molecular complexity index is 205. The molecule has 0 aromatic rings. The van der Waals surface area contributed by atoms with Gasteiger partial charge in [-0.3, -0.25) is 4.79 Å². The summed E-state index contributed by atoms with van der Waals surface area (Å²) in [4.78, 5) is 13.3. The molecular weight excluding hydrogens is 164 g/mol. The lowest BCUT2D eigenvalue weighted by Gasteiger charge is -2.29. The van der Waals surface area contributed by atoms with E-state index in [1.165, 1.54) is 19.3 Å². The molecule has 3 nitrogen and oxygen atoms in total. The van der Waals surface area contributed by atoms with Crippen molar-refractivity contribution in [3.8, 4) is 0 Å². The third-order valence-electron chi connectivity index (χ3n) is 2.44. The van der Waals surface area contributed by atoms with Crippen molar-refractivity contribution in [2.45, 2.75) is 26.2 Å². The summed E-state index contributed by atoms with van der Waals surface area (Å²) in [5, 5.41) is 2.59. The molecule has 0 aromatic heterocycles. The summed E-state index contributed by atoms with van der Waals surface area (Å²) >= 11 is 0. The van der Waals surface area contributed by atoms with Gasteiger partial charge in [0, 0.05) is 31.9 Å². The zero-order chi connectivity index (χ0) is 9.68. The van der Waals surface area contributed by atoms with Crippen molar-refractivity contribution in [2.75, 3.05) is 20.1 Å². The van der Waals surface area contributed by atoms with Crippen LogP contribution in [0.5, 0.6) is 0 Å². The molecule has 0 spiro atoms. The zero-order valence-electron chi connectivity index (χ0n) is 8.47. The number of hydrogen-bond donors (Lipinski definition) is 1. The lowest BCUT2D eigenvalue weighted by Crippen LogP contribution is -2.29. The van der Waals surface area contributed by atoms with E-state index in [9.17, 15) is 4.79 Å². The Kier molecular flexibility index (Phi) is 3.80. The van der Waals surface area contributed by atoms with Gasteiger partial charge in [0.2, 0.25) is 5.91 Å². The predicted molar refractivity (Wildman–Crippen MR) is 53.2 cm³/mol. The van der Waals surface area contributed by atoms with Crippen LogP contribution < -0.4 is 5.32 Å². The van der Waals surface area contributed by atoms with Crippen molar-refractivity contribution in [3.63, 3.8) is 0 Å². The van der Waals surface area contributed by atoms with E-state index in [0.29, 0.717) is 0 Å². The van der Waals surface area contributed by atoms with Crippen LogP contribution in [0.1, 0.15) is 26.2 Å². The lowest BCUT2D eigenvalue weighted by atomic mass is 10.1. The number of hydrogen-bond acceptors (Lipinski definition) is 2. The van der Waals surface area contributed by atoms with E-state index in [4.69, 9.17) is 0 Å². The molecule has 1 aliphatic heterocycles. The summed E-state index contributed by atoms with van der Waals surface area (Å²) in [5.74, 6) is -0.0110. The van der Waals surface area contributed by atoms with Crippen LogP contribution in [0.3, 0.4) is 0 Å². The first-order valence-corrected chi connectivity index (χ1v) is 4.89. The highest BCUT2D eigenvalue weighted by atomic mass is 16.1. The average Bonchev–Trinajstić information content (AvgIpc) is 2.19. The summed E-state index contributed by atoms with van der Waals surface area (Å²) in [6.07, 6.45) is 5.49. The topological polar surface area (TPSA) is 32.3 Å². The van der Waals surface area contributed by atoms with Gasteiger partial charge in [-0.1, -0.05) is 0 Å². The van der Waals surface area contributed by atoms with Crippen LogP contribution in [-0.2, 0) is 4.79 Å². The molecule has 1 aliphatic rings. The van der Waals surface area contributed by atoms with Crippen LogP contribution in [0.15, 0.2) is 11.8 Å². The number of nitrogens with one attached hydrogen (secondary N) is 1.